The first kappa shape index (κ1) is 79.9. The number of amides is 12. The number of aryl methyl sites for hydroxylation is 1. The maximum Gasteiger partial charge on any atom is 0.417 e. The van der Waals surface area contributed by atoms with E-state index in [1.807, 2.05) is 27.7 Å². The molecule has 6 rings (SSSR count). The van der Waals surface area contributed by atoms with Crippen LogP contribution in [0.3, 0.4) is 0 Å². The first-order chi connectivity index (χ1) is 46.1. The molecule has 3 aliphatic heterocycles. The van der Waals surface area contributed by atoms with Gasteiger partial charge in [0.25, 0.3) is 0 Å². The van der Waals surface area contributed by atoms with Gasteiger partial charge in [0.15, 0.2) is 0 Å². The lowest BCUT2D eigenvalue weighted by Crippen LogP contribution is -2.65. The number of carbonyl (C=O) groups is 12. The van der Waals surface area contributed by atoms with Crippen molar-refractivity contribution >= 4 is 82.5 Å². The number of hydrogen-bond acceptors (Lipinski definition) is 13. The van der Waals surface area contributed by atoms with Crippen LogP contribution in [0.5, 0.6) is 0 Å². The summed E-state index contributed by atoms with van der Waals surface area (Å²) in [4.78, 5) is 187. The zero-order valence-electron chi connectivity index (χ0n) is 59.4. The van der Waals surface area contributed by atoms with E-state index in [-0.39, 0.29) is 89.6 Å². The van der Waals surface area contributed by atoms with Crippen molar-refractivity contribution in [3.8, 4) is 0 Å². The number of nitrogens with zero attached hydrogens (tertiary/aromatic N) is 8. The quantitative estimate of drug-likeness (QED) is 0.226. The summed E-state index contributed by atoms with van der Waals surface area (Å²) < 4.78 is 47.0. The zero-order chi connectivity index (χ0) is 72.7. The molecule has 98 heavy (non-hydrogen) atoms. The summed E-state index contributed by atoms with van der Waals surface area (Å²) >= 11 is 6.14. The maximum atomic E-state index is 15.4. The van der Waals surface area contributed by atoms with Gasteiger partial charge >= 0.3 is 6.18 Å². The topological polar surface area (TPSA) is 288 Å². The van der Waals surface area contributed by atoms with E-state index < -0.39 is 173 Å². The highest BCUT2D eigenvalue weighted by Gasteiger charge is 2.50. The number of benzene rings is 1. The van der Waals surface area contributed by atoms with Crippen molar-refractivity contribution < 1.29 is 75.4 Å². The molecule has 12 amide bonds. The van der Waals surface area contributed by atoms with E-state index in [9.17, 15) is 56.3 Å². The second-order valence-corrected chi connectivity index (χ2v) is 28.7. The Kier molecular flexibility index (Phi) is 29.2. The summed E-state index contributed by atoms with van der Waals surface area (Å²) in [5.41, 5.74) is -2.38. The highest BCUT2D eigenvalue weighted by molar-refractivity contribution is 6.31. The normalized spacial score (nSPS) is 26.3. The molecule has 1 unspecified atom stereocenters. The van der Waals surface area contributed by atoms with Crippen molar-refractivity contribution in [1.82, 2.24) is 60.5 Å². The predicted octanol–water partition coefficient (Wildman–Crippen LogP) is 4.39. The fourth-order valence-corrected chi connectivity index (χ4v) is 14.5. The van der Waals surface area contributed by atoms with Gasteiger partial charge in [-0.05, 0) is 92.7 Å². The van der Waals surface area contributed by atoms with Crippen LogP contribution in [0.25, 0.3) is 0 Å². The van der Waals surface area contributed by atoms with Crippen LogP contribution in [0.1, 0.15) is 162 Å². The van der Waals surface area contributed by atoms with E-state index >= 15 is 14.4 Å². The Balaban J connectivity index is 1.41. The van der Waals surface area contributed by atoms with Crippen LogP contribution in [0.2, 0.25) is 5.02 Å². The van der Waals surface area contributed by atoms with Crippen LogP contribution in [0.15, 0.2) is 18.2 Å². The summed E-state index contributed by atoms with van der Waals surface area (Å²) in [6.45, 7) is 9.77. The number of fused-ring (bicyclic) bond motifs is 1. The van der Waals surface area contributed by atoms with Gasteiger partial charge in [-0.3, -0.25) is 57.5 Å². The van der Waals surface area contributed by atoms with E-state index in [1.165, 1.54) is 72.9 Å². The summed E-state index contributed by atoms with van der Waals surface area (Å²) in [5, 5.41) is 10.9. The first-order valence-corrected chi connectivity index (χ1v) is 35.3. The van der Waals surface area contributed by atoms with Crippen LogP contribution in [-0.2, 0) is 74.9 Å². The Morgan fingerprint density at radius 2 is 1.27 bits per heavy atom. The minimum atomic E-state index is -4.76. The van der Waals surface area contributed by atoms with E-state index in [4.69, 9.17) is 16.3 Å². The van der Waals surface area contributed by atoms with Crippen molar-refractivity contribution in [3.05, 3.63) is 34.3 Å². The van der Waals surface area contributed by atoms with Crippen LogP contribution in [0, 0.1) is 23.7 Å². The molecule has 1 aromatic rings. The Hall–Kier alpha value is -7.10. The highest BCUT2D eigenvalue weighted by Crippen LogP contribution is 2.37. The summed E-state index contributed by atoms with van der Waals surface area (Å²) in [6, 6.07) is -5.86. The molecule has 0 radical (unpaired) electrons. The zero-order valence-corrected chi connectivity index (χ0v) is 60.1. The van der Waals surface area contributed by atoms with Gasteiger partial charge in [-0.1, -0.05) is 117 Å². The molecule has 1 aromatic carbocycles. The van der Waals surface area contributed by atoms with Gasteiger partial charge in [-0.2, -0.15) is 13.2 Å². The largest absolute Gasteiger partial charge is 0.417 e. The van der Waals surface area contributed by atoms with Gasteiger partial charge in [0.05, 0.1) is 49.9 Å². The lowest BCUT2D eigenvalue weighted by molar-refractivity contribution is -0.151. The summed E-state index contributed by atoms with van der Waals surface area (Å²) in [7, 11) is 8.38. The first-order valence-electron chi connectivity index (χ1n) is 34.9. The van der Waals surface area contributed by atoms with Crippen molar-refractivity contribution in [1.29, 1.82) is 0 Å². The van der Waals surface area contributed by atoms with Crippen molar-refractivity contribution in [2.24, 2.45) is 23.7 Å². The average molecular weight is 1400 g/mol. The number of likely N-dealkylation sites (N-methyl/N-ethyl adjacent to an activating group) is 6. The second-order valence-electron chi connectivity index (χ2n) is 28.3. The molecule has 0 aromatic heterocycles. The minimum absolute atomic E-state index is 0.0150. The monoisotopic (exact) mass is 1400 g/mol. The molecule has 3 heterocycles. The smallest absolute Gasteiger partial charge is 0.378 e. The SMILES string of the molecule is CC[C@H](C)[C@@H]1NC(=O)[C@H](CC(C)C)N(C)C(=O)C[C@@H](C(=O)N2CCOCC2)NC(=O)[C@H]([C@@H](C)CC)N(C)C(=O)C2(CCCC2)NC(=O)C2CCCN2C(=O)[C@H](CCc2ccc(C(F)(F)F)c(Cl)c2)NC(=O)CN(C)C(=O)[C@H](CC2CCCCC2)N(C)C(=O)CN(C)C(=O)CN(C)C1=O. The van der Waals surface area contributed by atoms with Crippen LogP contribution >= 0.6 is 11.6 Å². The third kappa shape index (κ3) is 20.5. The molecule has 4 N–H and O–H groups in total. The van der Waals surface area contributed by atoms with Gasteiger partial charge in [-0.15, -0.1) is 0 Å². The Bertz CT molecular complexity index is 3030. The van der Waals surface area contributed by atoms with E-state index in [2.05, 4.69) is 21.3 Å². The molecule has 5 aliphatic rings. The number of morpholine rings is 1. The van der Waals surface area contributed by atoms with Gasteiger partial charge in [0.2, 0.25) is 70.9 Å². The molecule has 29 heteroatoms. The van der Waals surface area contributed by atoms with E-state index in [0.717, 1.165) is 58.9 Å². The van der Waals surface area contributed by atoms with Crippen molar-refractivity contribution in [2.45, 2.75) is 211 Å². The number of halogens is 4. The summed E-state index contributed by atoms with van der Waals surface area (Å²) in [6.07, 6.45) is 1.41. The molecule has 3 saturated heterocycles. The molecule has 9 atom stereocenters. The number of rotatable bonds is 12. The Labute approximate surface area is 580 Å². The van der Waals surface area contributed by atoms with Crippen LogP contribution in [-0.4, -0.2) is 253 Å². The van der Waals surface area contributed by atoms with Crippen molar-refractivity contribution in [2.75, 3.05) is 94.8 Å². The molecule has 0 bridgehead atoms. The van der Waals surface area contributed by atoms with Gasteiger partial charge < -0.3 is 65.2 Å². The molecule has 1 spiro atoms. The number of alkyl halides is 3. The summed E-state index contributed by atoms with van der Waals surface area (Å²) in [5.74, 6) is -9.49. The fourth-order valence-electron chi connectivity index (χ4n) is 14.1. The Morgan fingerprint density at radius 3 is 1.87 bits per heavy atom. The molecule has 5 fully saturated rings. The molecule has 548 valence electrons. The second kappa shape index (κ2) is 35.8. The fraction of sp³-hybridized carbons (Fsp3) is 0.739. The molecular weight excluding hydrogens is 1300 g/mol. The Morgan fingerprint density at radius 1 is 0.653 bits per heavy atom. The molecule has 25 nitrogen and oxygen atoms in total. The number of carbonyl (C=O) groups excluding carboxylic acids is 12. The lowest BCUT2D eigenvalue weighted by Gasteiger charge is -2.40. The number of hydrogen-bond donors (Lipinski definition) is 4. The maximum absolute atomic E-state index is 15.4. The number of ether oxygens (including phenoxy) is 1. The van der Waals surface area contributed by atoms with Crippen LogP contribution in [0.4, 0.5) is 13.2 Å². The standard InChI is InChI=1S/C69H106ClF3N12O13/c1-13-43(5)58-66(96)80(9)40-56(88)78(7)41-57(89)82(11)53(37-45-21-16-15-17-22-45)65(95)79(8)39-54(86)74-49(27-25-46-24-26-47(48(70)36-46)69(71,72)73)64(94)85-30-20-23-51(85)61(91)77-68(28-18-19-29-68)67(97)83(12)59(44(6)14-2)62(92)75-50(63(93)84-31-33-98-34-32-84)38-55(87)81(10)52(35-42(3)4)60(90)76-58/h24,26,36,42-45,49-53,58-59H,13-23,25,27-35,37-41H2,1-12H3,(H,74,86)(H,75,92)(H,76,90)(H,77,91)/t43-,44-,49-,50-,51?,52-,53-,58-,59-/m0/s1. The van der Waals surface area contributed by atoms with Gasteiger partial charge in [0, 0.05) is 61.9 Å². The molecular formula is C69H106ClF3N12O13. The minimum Gasteiger partial charge on any atom is -0.378 e. The third-order valence-electron chi connectivity index (χ3n) is 20.6. The van der Waals surface area contributed by atoms with Gasteiger partial charge in [0.1, 0.15) is 47.8 Å². The van der Waals surface area contributed by atoms with E-state index in [1.54, 1.807) is 13.8 Å². The third-order valence-corrected chi connectivity index (χ3v) is 20.9. The van der Waals surface area contributed by atoms with E-state index in [0.29, 0.717) is 37.7 Å². The van der Waals surface area contributed by atoms with Crippen LogP contribution < -0.4 is 21.3 Å². The molecule has 2 aliphatic carbocycles. The predicted molar refractivity (Wildman–Crippen MR) is 359 cm³/mol. The lowest BCUT2D eigenvalue weighted by atomic mass is 9.84. The highest BCUT2D eigenvalue weighted by atomic mass is 35.5. The average Bonchev–Trinajstić information content (AvgIpc) is 1.42. The van der Waals surface area contributed by atoms with Crippen molar-refractivity contribution in [3.63, 3.8) is 0 Å². The number of nitrogens with one attached hydrogen (secondary N) is 4. The van der Waals surface area contributed by atoms with Gasteiger partial charge in [-0.25, -0.2) is 0 Å². The molecule has 2 saturated carbocycles.